The number of rotatable bonds is 4. The lowest BCUT2D eigenvalue weighted by atomic mass is 10.2. The minimum Gasteiger partial charge on any atom is -0.444 e. The number of aromatic nitrogens is 1. The highest BCUT2D eigenvalue weighted by Gasteiger charge is 2.34. The molecular weight excluding hydrogens is 390 g/mol. The summed E-state index contributed by atoms with van der Waals surface area (Å²) in [5.74, 6) is -0.511. The molecule has 152 valence electrons. The van der Waals surface area contributed by atoms with Crippen LogP contribution in [0.4, 0.5) is 10.5 Å². The number of likely N-dealkylation sites (tertiary alicyclic amines) is 1. The molecule has 0 bridgehead atoms. The Kier molecular flexibility index (Phi) is 5.04. The van der Waals surface area contributed by atoms with Gasteiger partial charge in [0.05, 0.1) is 10.7 Å². The molecule has 2 heterocycles. The normalized spacial score (nSPS) is 17.8. The summed E-state index contributed by atoms with van der Waals surface area (Å²) in [7, 11) is -3.85. The Morgan fingerprint density at radius 3 is 2.79 bits per heavy atom. The molecule has 1 fully saturated rings. The number of non-ortho nitro benzene ring substituents is 1. The van der Waals surface area contributed by atoms with Gasteiger partial charge in [0.2, 0.25) is 9.84 Å². The second kappa shape index (κ2) is 7.04. The van der Waals surface area contributed by atoms with Gasteiger partial charge in [-0.3, -0.25) is 10.1 Å². The number of nitrogens with zero attached hydrogens (tertiary/aromatic N) is 3. The number of amides is 1. The number of ether oxygens (including phenoxy) is 1. The highest BCUT2D eigenvalue weighted by molar-refractivity contribution is 7.91. The van der Waals surface area contributed by atoms with Gasteiger partial charge in [-0.1, -0.05) is 0 Å². The smallest absolute Gasteiger partial charge is 0.410 e. The molecule has 0 saturated carbocycles. The largest absolute Gasteiger partial charge is 0.444 e. The quantitative estimate of drug-likeness (QED) is 0.554. The van der Waals surface area contributed by atoms with Gasteiger partial charge >= 0.3 is 11.3 Å². The van der Waals surface area contributed by atoms with Gasteiger partial charge in [0.1, 0.15) is 11.1 Å². The van der Waals surface area contributed by atoms with Gasteiger partial charge in [0.15, 0.2) is 5.58 Å². The van der Waals surface area contributed by atoms with Crippen molar-refractivity contribution in [3.8, 4) is 0 Å². The fourth-order valence-corrected chi connectivity index (χ4v) is 4.47. The maximum Gasteiger partial charge on any atom is 0.410 e. The summed E-state index contributed by atoms with van der Waals surface area (Å²) in [6.07, 6.45) is 0.0473. The SMILES string of the molecule is CC(C)(C)OC(=O)N1CC[C@@H](CS(=O)(=O)c2nc3cc([N+](=O)[O-])ccc3o2)C1. The van der Waals surface area contributed by atoms with Crippen LogP contribution >= 0.6 is 0 Å². The van der Waals surface area contributed by atoms with Crippen LogP contribution in [-0.2, 0) is 14.6 Å². The fraction of sp³-hybridized carbons (Fsp3) is 0.529. The average molecular weight is 411 g/mol. The lowest BCUT2D eigenvalue weighted by Crippen LogP contribution is -2.35. The summed E-state index contributed by atoms with van der Waals surface area (Å²) in [5, 5.41) is 10.4. The van der Waals surface area contributed by atoms with Crippen molar-refractivity contribution >= 4 is 32.7 Å². The van der Waals surface area contributed by atoms with E-state index in [1.54, 1.807) is 20.8 Å². The predicted octanol–water partition coefficient (Wildman–Crippen LogP) is 2.77. The lowest BCUT2D eigenvalue weighted by Gasteiger charge is -2.24. The van der Waals surface area contributed by atoms with Crippen molar-refractivity contribution in [1.82, 2.24) is 9.88 Å². The van der Waals surface area contributed by atoms with Crippen molar-refractivity contribution in [3.63, 3.8) is 0 Å². The molecule has 2 aromatic rings. The minimum atomic E-state index is -3.85. The molecular formula is C17H21N3O7S. The van der Waals surface area contributed by atoms with Crippen molar-refractivity contribution in [2.45, 2.75) is 38.0 Å². The summed E-state index contributed by atoms with van der Waals surface area (Å²) in [6.45, 7) is 5.97. The molecule has 0 spiro atoms. The molecule has 1 aliphatic heterocycles. The molecule has 1 aromatic carbocycles. The Labute approximate surface area is 161 Å². The highest BCUT2D eigenvalue weighted by Crippen LogP contribution is 2.27. The van der Waals surface area contributed by atoms with Gasteiger partial charge in [-0.05, 0) is 39.2 Å². The molecule has 1 atom stereocenters. The average Bonchev–Trinajstić information content (AvgIpc) is 3.18. The van der Waals surface area contributed by atoms with Crippen molar-refractivity contribution < 1.29 is 27.3 Å². The van der Waals surface area contributed by atoms with E-state index in [2.05, 4.69) is 4.98 Å². The Balaban J connectivity index is 1.71. The van der Waals surface area contributed by atoms with Gasteiger partial charge in [0, 0.05) is 25.2 Å². The Morgan fingerprint density at radius 1 is 1.43 bits per heavy atom. The zero-order chi connectivity index (χ0) is 20.7. The van der Waals surface area contributed by atoms with Gasteiger partial charge < -0.3 is 14.1 Å². The molecule has 3 rings (SSSR count). The van der Waals surface area contributed by atoms with Gasteiger partial charge in [-0.25, -0.2) is 13.2 Å². The second-order valence-corrected chi connectivity index (χ2v) is 9.66. The first-order chi connectivity index (χ1) is 12.9. The maximum atomic E-state index is 12.7. The van der Waals surface area contributed by atoms with Crippen LogP contribution in [0.3, 0.4) is 0 Å². The van der Waals surface area contributed by atoms with Crippen molar-refractivity contribution in [1.29, 1.82) is 0 Å². The maximum absolute atomic E-state index is 12.7. The minimum absolute atomic E-state index is 0.106. The zero-order valence-electron chi connectivity index (χ0n) is 15.7. The Hall–Kier alpha value is -2.69. The summed E-state index contributed by atoms with van der Waals surface area (Å²) < 4.78 is 35.9. The first-order valence-electron chi connectivity index (χ1n) is 8.70. The van der Waals surface area contributed by atoms with E-state index in [9.17, 15) is 23.3 Å². The Bertz CT molecular complexity index is 1020. The highest BCUT2D eigenvalue weighted by atomic mass is 32.2. The number of hydrogen-bond donors (Lipinski definition) is 0. The van der Waals surface area contributed by atoms with Crippen LogP contribution in [-0.4, -0.2) is 53.8 Å². The Morgan fingerprint density at radius 2 is 2.14 bits per heavy atom. The van der Waals surface area contributed by atoms with Gasteiger partial charge in [-0.2, -0.15) is 4.98 Å². The van der Waals surface area contributed by atoms with Crippen LogP contribution < -0.4 is 0 Å². The first kappa shape index (κ1) is 20.1. The van der Waals surface area contributed by atoms with Crippen LogP contribution in [0.2, 0.25) is 0 Å². The lowest BCUT2D eigenvalue weighted by molar-refractivity contribution is -0.384. The second-order valence-electron chi connectivity index (χ2n) is 7.75. The number of sulfone groups is 1. The number of nitro groups is 1. The standard InChI is InChI=1S/C17H21N3O7S/c1-17(2,3)27-16(21)19-7-6-11(9-19)10-28(24,25)15-18-13-8-12(20(22)23)4-5-14(13)26-15/h4-5,8,11H,6-7,9-10H2,1-3H3/t11-/m1/s1. The van der Waals surface area contributed by atoms with E-state index < -0.39 is 31.7 Å². The van der Waals surface area contributed by atoms with E-state index in [0.29, 0.717) is 13.0 Å². The molecule has 0 N–H and O–H groups in total. The number of carbonyl (C=O) groups excluding carboxylic acids is 1. The van der Waals surface area contributed by atoms with E-state index in [4.69, 9.17) is 9.15 Å². The third kappa shape index (κ3) is 4.41. The molecule has 1 aromatic heterocycles. The van der Waals surface area contributed by atoms with E-state index >= 15 is 0 Å². The van der Waals surface area contributed by atoms with Gasteiger partial charge in [0.25, 0.3) is 5.69 Å². The van der Waals surface area contributed by atoms with Gasteiger partial charge in [-0.15, -0.1) is 0 Å². The summed E-state index contributed by atoms with van der Waals surface area (Å²) in [6, 6.07) is 3.70. The van der Waals surface area contributed by atoms with Crippen LogP contribution in [0.25, 0.3) is 11.1 Å². The summed E-state index contributed by atoms with van der Waals surface area (Å²) in [4.78, 5) is 27.8. The molecule has 1 amide bonds. The van der Waals surface area contributed by atoms with Crippen LogP contribution in [0.15, 0.2) is 27.8 Å². The number of benzene rings is 1. The van der Waals surface area contributed by atoms with E-state index in [1.807, 2.05) is 0 Å². The fourth-order valence-electron chi connectivity index (χ4n) is 2.98. The molecule has 0 radical (unpaired) electrons. The van der Waals surface area contributed by atoms with Crippen LogP contribution in [0.1, 0.15) is 27.2 Å². The predicted molar refractivity (Wildman–Crippen MR) is 98.6 cm³/mol. The van der Waals surface area contributed by atoms with E-state index in [1.165, 1.54) is 17.0 Å². The molecule has 1 saturated heterocycles. The van der Waals surface area contributed by atoms with E-state index in [0.717, 1.165) is 6.07 Å². The third-order valence-electron chi connectivity index (χ3n) is 4.22. The number of nitro benzene ring substituents is 1. The van der Waals surface area contributed by atoms with Crippen LogP contribution in [0, 0.1) is 16.0 Å². The zero-order valence-corrected chi connectivity index (χ0v) is 16.6. The van der Waals surface area contributed by atoms with Crippen molar-refractivity contribution in [3.05, 3.63) is 28.3 Å². The van der Waals surface area contributed by atoms with Crippen LogP contribution in [0.5, 0.6) is 0 Å². The monoisotopic (exact) mass is 411 g/mol. The molecule has 0 aliphatic carbocycles. The van der Waals surface area contributed by atoms with Crippen molar-refractivity contribution in [2.75, 3.05) is 18.8 Å². The van der Waals surface area contributed by atoms with E-state index in [-0.39, 0.29) is 35.0 Å². The van der Waals surface area contributed by atoms with Crippen molar-refractivity contribution in [2.24, 2.45) is 5.92 Å². The number of fused-ring (bicyclic) bond motifs is 1. The first-order valence-corrected chi connectivity index (χ1v) is 10.4. The number of hydrogen-bond acceptors (Lipinski definition) is 8. The summed E-state index contributed by atoms with van der Waals surface area (Å²) >= 11 is 0. The molecule has 11 heteroatoms. The number of carbonyl (C=O) groups is 1. The molecule has 10 nitrogen and oxygen atoms in total. The topological polar surface area (TPSA) is 133 Å². The number of oxazole rings is 1. The molecule has 0 unspecified atom stereocenters. The summed E-state index contributed by atoms with van der Waals surface area (Å²) in [5.41, 5.74) is -0.559. The molecule has 1 aliphatic rings. The third-order valence-corrected chi connectivity index (χ3v) is 5.84. The molecule has 28 heavy (non-hydrogen) atoms.